The number of rotatable bonds is 6. The van der Waals surface area contributed by atoms with Crippen molar-refractivity contribution in [2.75, 3.05) is 24.5 Å². The first-order chi connectivity index (χ1) is 11.0. The number of hydrogen-bond donors (Lipinski definition) is 2. The minimum Gasteiger partial charge on any atom is -0.355 e. The van der Waals surface area contributed by atoms with Crippen LogP contribution in [0.1, 0.15) is 25.8 Å². The lowest BCUT2D eigenvalue weighted by Gasteiger charge is -2.17. The SMILES string of the molecule is CCc1cccc(N2CC(C(=O)NCCNC(C)=O)CC2=O)c1. The average molecular weight is 317 g/mol. The van der Waals surface area contributed by atoms with E-state index in [1.807, 2.05) is 24.3 Å². The molecule has 6 heteroatoms. The van der Waals surface area contributed by atoms with E-state index in [1.165, 1.54) is 12.5 Å². The van der Waals surface area contributed by atoms with Crippen molar-refractivity contribution in [3.05, 3.63) is 29.8 Å². The molecule has 0 radical (unpaired) electrons. The van der Waals surface area contributed by atoms with Gasteiger partial charge in [0.1, 0.15) is 0 Å². The van der Waals surface area contributed by atoms with Crippen LogP contribution in [-0.4, -0.2) is 37.4 Å². The summed E-state index contributed by atoms with van der Waals surface area (Å²) in [6.45, 7) is 4.66. The van der Waals surface area contributed by atoms with Gasteiger partial charge in [-0.3, -0.25) is 14.4 Å². The Bertz CT molecular complexity index is 601. The number of aryl methyl sites for hydroxylation is 1. The Hall–Kier alpha value is -2.37. The zero-order chi connectivity index (χ0) is 16.8. The van der Waals surface area contributed by atoms with Crippen LogP contribution in [-0.2, 0) is 20.8 Å². The standard InChI is InChI=1S/C17H23N3O3/c1-3-13-5-4-6-15(9-13)20-11-14(10-16(20)22)17(23)19-8-7-18-12(2)21/h4-6,9,14H,3,7-8,10-11H2,1-2H3,(H,18,21)(H,19,23). The summed E-state index contributed by atoms with van der Waals surface area (Å²) in [5.41, 5.74) is 2.02. The van der Waals surface area contributed by atoms with Crippen LogP contribution in [0.4, 0.5) is 5.69 Å². The van der Waals surface area contributed by atoms with Crippen molar-refractivity contribution in [1.82, 2.24) is 10.6 Å². The molecule has 0 saturated carbocycles. The van der Waals surface area contributed by atoms with Crippen LogP contribution in [0, 0.1) is 5.92 Å². The van der Waals surface area contributed by atoms with Crippen LogP contribution in [0.15, 0.2) is 24.3 Å². The second kappa shape index (κ2) is 7.76. The van der Waals surface area contributed by atoms with Gasteiger partial charge in [0.25, 0.3) is 0 Å². The van der Waals surface area contributed by atoms with E-state index in [0.29, 0.717) is 19.6 Å². The fourth-order valence-corrected chi connectivity index (χ4v) is 2.65. The molecule has 1 saturated heterocycles. The summed E-state index contributed by atoms with van der Waals surface area (Å²) in [6, 6.07) is 7.85. The zero-order valence-electron chi connectivity index (χ0n) is 13.6. The highest BCUT2D eigenvalue weighted by molar-refractivity contribution is 6.00. The predicted molar refractivity (Wildman–Crippen MR) is 88.0 cm³/mol. The van der Waals surface area contributed by atoms with Crippen molar-refractivity contribution in [3.63, 3.8) is 0 Å². The van der Waals surface area contributed by atoms with Gasteiger partial charge in [-0.1, -0.05) is 19.1 Å². The molecular weight excluding hydrogens is 294 g/mol. The normalized spacial score (nSPS) is 17.2. The van der Waals surface area contributed by atoms with Crippen LogP contribution >= 0.6 is 0 Å². The predicted octanol–water partition coefficient (Wildman–Crippen LogP) is 0.854. The van der Waals surface area contributed by atoms with Crippen molar-refractivity contribution in [2.24, 2.45) is 5.92 Å². The third-order valence-electron chi connectivity index (χ3n) is 3.92. The van der Waals surface area contributed by atoms with Gasteiger partial charge in [0.2, 0.25) is 17.7 Å². The summed E-state index contributed by atoms with van der Waals surface area (Å²) >= 11 is 0. The molecule has 1 fully saturated rings. The van der Waals surface area contributed by atoms with Crippen LogP contribution in [0.3, 0.4) is 0 Å². The van der Waals surface area contributed by atoms with Gasteiger partial charge in [-0.25, -0.2) is 0 Å². The molecule has 3 amide bonds. The summed E-state index contributed by atoms with van der Waals surface area (Å²) in [6.07, 6.45) is 1.13. The van der Waals surface area contributed by atoms with Crippen LogP contribution in [0.5, 0.6) is 0 Å². The number of nitrogens with zero attached hydrogens (tertiary/aromatic N) is 1. The molecule has 1 aromatic carbocycles. The van der Waals surface area contributed by atoms with Gasteiger partial charge in [-0.2, -0.15) is 0 Å². The molecule has 0 bridgehead atoms. The van der Waals surface area contributed by atoms with Gasteiger partial charge in [0.05, 0.1) is 5.92 Å². The van der Waals surface area contributed by atoms with E-state index >= 15 is 0 Å². The largest absolute Gasteiger partial charge is 0.355 e. The maximum atomic E-state index is 12.2. The first-order valence-corrected chi connectivity index (χ1v) is 7.92. The van der Waals surface area contributed by atoms with E-state index in [-0.39, 0.29) is 30.1 Å². The van der Waals surface area contributed by atoms with E-state index in [4.69, 9.17) is 0 Å². The maximum Gasteiger partial charge on any atom is 0.227 e. The maximum absolute atomic E-state index is 12.2. The summed E-state index contributed by atoms with van der Waals surface area (Å²) in [7, 11) is 0. The lowest BCUT2D eigenvalue weighted by Crippen LogP contribution is -2.37. The Labute approximate surface area is 136 Å². The second-order valence-electron chi connectivity index (χ2n) is 5.70. The number of hydrogen-bond acceptors (Lipinski definition) is 3. The van der Waals surface area contributed by atoms with E-state index in [1.54, 1.807) is 4.90 Å². The summed E-state index contributed by atoms with van der Waals surface area (Å²) < 4.78 is 0. The quantitative estimate of drug-likeness (QED) is 0.764. The van der Waals surface area contributed by atoms with E-state index in [0.717, 1.165) is 12.1 Å². The topological polar surface area (TPSA) is 78.5 Å². The Morgan fingerprint density at radius 2 is 2.00 bits per heavy atom. The number of anilines is 1. The van der Waals surface area contributed by atoms with Crippen LogP contribution in [0.25, 0.3) is 0 Å². The van der Waals surface area contributed by atoms with Crippen LogP contribution < -0.4 is 15.5 Å². The van der Waals surface area contributed by atoms with Crippen molar-refractivity contribution in [1.29, 1.82) is 0 Å². The molecule has 124 valence electrons. The lowest BCUT2D eigenvalue weighted by atomic mass is 10.1. The van der Waals surface area contributed by atoms with Crippen molar-refractivity contribution in [3.8, 4) is 0 Å². The monoisotopic (exact) mass is 317 g/mol. The highest BCUT2D eigenvalue weighted by Gasteiger charge is 2.34. The molecule has 0 spiro atoms. The molecule has 1 aliphatic rings. The van der Waals surface area contributed by atoms with Gasteiger partial charge in [0.15, 0.2) is 0 Å². The van der Waals surface area contributed by atoms with Gasteiger partial charge in [-0.05, 0) is 24.1 Å². The highest BCUT2D eigenvalue weighted by Crippen LogP contribution is 2.26. The minimum atomic E-state index is -0.342. The van der Waals surface area contributed by atoms with Crippen molar-refractivity contribution < 1.29 is 14.4 Å². The van der Waals surface area contributed by atoms with Gasteiger partial charge in [-0.15, -0.1) is 0 Å². The summed E-state index contributed by atoms with van der Waals surface area (Å²) in [4.78, 5) is 36.8. The Morgan fingerprint density at radius 3 is 2.70 bits per heavy atom. The van der Waals surface area contributed by atoms with E-state index in [2.05, 4.69) is 17.6 Å². The molecule has 6 nitrogen and oxygen atoms in total. The van der Waals surface area contributed by atoms with Crippen molar-refractivity contribution in [2.45, 2.75) is 26.7 Å². The molecule has 1 aliphatic heterocycles. The molecule has 2 rings (SSSR count). The van der Waals surface area contributed by atoms with E-state index < -0.39 is 0 Å². The molecule has 1 heterocycles. The molecule has 0 aliphatic carbocycles. The molecule has 1 aromatic rings. The fraction of sp³-hybridized carbons (Fsp3) is 0.471. The fourth-order valence-electron chi connectivity index (χ4n) is 2.65. The smallest absolute Gasteiger partial charge is 0.227 e. The Morgan fingerprint density at radius 1 is 1.26 bits per heavy atom. The van der Waals surface area contributed by atoms with Gasteiger partial charge in [0, 0.05) is 38.7 Å². The molecule has 23 heavy (non-hydrogen) atoms. The summed E-state index contributed by atoms with van der Waals surface area (Å²) in [5.74, 6) is -0.638. The van der Waals surface area contributed by atoms with E-state index in [9.17, 15) is 14.4 Å². The van der Waals surface area contributed by atoms with Crippen LogP contribution in [0.2, 0.25) is 0 Å². The minimum absolute atomic E-state index is 0.0275. The Balaban J connectivity index is 1.91. The number of nitrogens with one attached hydrogen (secondary N) is 2. The summed E-state index contributed by atoms with van der Waals surface area (Å²) in [5, 5.41) is 5.38. The molecule has 1 atom stereocenters. The number of carbonyl (C=O) groups is 3. The third-order valence-corrected chi connectivity index (χ3v) is 3.92. The first-order valence-electron chi connectivity index (χ1n) is 7.92. The molecule has 1 unspecified atom stereocenters. The zero-order valence-corrected chi connectivity index (χ0v) is 13.6. The second-order valence-corrected chi connectivity index (χ2v) is 5.70. The lowest BCUT2D eigenvalue weighted by molar-refractivity contribution is -0.126. The molecule has 2 N–H and O–H groups in total. The first kappa shape index (κ1) is 17.0. The molecular formula is C17H23N3O3. The van der Waals surface area contributed by atoms with Gasteiger partial charge < -0.3 is 15.5 Å². The number of amides is 3. The number of carbonyl (C=O) groups excluding carboxylic acids is 3. The molecule has 0 aromatic heterocycles. The van der Waals surface area contributed by atoms with Gasteiger partial charge >= 0.3 is 0 Å². The van der Waals surface area contributed by atoms with Crippen molar-refractivity contribution >= 4 is 23.4 Å². The number of benzene rings is 1. The third kappa shape index (κ3) is 4.55. The average Bonchev–Trinajstić information content (AvgIpc) is 2.93. The highest BCUT2D eigenvalue weighted by atomic mass is 16.2. The Kier molecular flexibility index (Phi) is 5.73.